The smallest absolute Gasteiger partial charge is 0.254 e. The summed E-state index contributed by atoms with van der Waals surface area (Å²) in [5, 5.41) is 4.74. The molecule has 0 spiro atoms. The van der Waals surface area contributed by atoms with Crippen molar-refractivity contribution >= 4 is 5.91 Å². The van der Waals surface area contributed by atoms with Crippen LogP contribution in [0.1, 0.15) is 6.92 Å². The number of ether oxygens (including phenoxy) is 1. The quantitative estimate of drug-likeness (QED) is 0.542. The van der Waals surface area contributed by atoms with Gasteiger partial charge in [-0.2, -0.15) is 0 Å². The van der Waals surface area contributed by atoms with Crippen LogP contribution in [0.2, 0.25) is 0 Å². The summed E-state index contributed by atoms with van der Waals surface area (Å²) in [6.45, 7) is 3.30. The normalized spacial score (nSPS) is 28.9. The van der Waals surface area contributed by atoms with Gasteiger partial charge < -0.3 is 10.1 Å². The molecule has 1 amide bonds. The van der Waals surface area contributed by atoms with E-state index < -0.39 is 0 Å². The molecule has 1 saturated heterocycles. The van der Waals surface area contributed by atoms with Crippen molar-refractivity contribution in [2.75, 3.05) is 27.2 Å². The summed E-state index contributed by atoms with van der Waals surface area (Å²) in [5.74, 6) is -0.0443. The fourth-order valence-corrected chi connectivity index (χ4v) is 1.32. The first-order chi connectivity index (χ1) is 6.11. The molecular weight excluding hydrogens is 170 g/mol. The van der Waals surface area contributed by atoms with Crippen LogP contribution in [0.4, 0.5) is 0 Å². The topological polar surface area (TPSA) is 53.6 Å². The standard InChI is InChI=1S/C8H17N3O2/c1-6-7(9-4-5-13-6)8(12)10-11(2)3/h6-7,9H,4-5H2,1-3H3,(H,10,12). The number of rotatable bonds is 2. The Kier molecular flexibility index (Phi) is 3.65. The van der Waals surface area contributed by atoms with Crippen molar-refractivity contribution in [2.45, 2.75) is 19.1 Å². The van der Waals surface area contributed by atoms with E-state index in [2.05, 4.69) is 10.7 Å². The fraction of sp³-hybridized carbons (Fsp3) is 0.875. The third kappa shape index (κ3) is 2.95. The minimum Gasteiger partial charge on any atom is -0.375 e. The number of nitrogens with zero attached hydrogens (tertiary/aromatic N) is 1. The lowest BCUT2D eigenvalue weighted by Crippen LogP contribution is -2.57. The summed E-state index contributed by atoms with van der Waals surface area (Å²) in [7, 11) is 3.57. The molecule has 5 nitrogen and oxygen atoms in total. The largest absolute Gasteiger partial charge is 0.375 e. The summed E-state index contributed by atoms with van der Waals surface area (Å²) in [4.78, 5) is 11.5. The Morgan fingerprint density at radius 1 is 1.62 bits per heavy atom. The molecule has 1 heterocycles. The second-order valence-corrected chi connectivity index (χ2v) is 3.38. The van der Waals surface area contributed by atoms with Crippen LogP contribution in [0.5, 0.6) is 0 Å². The Labute approximate surface area is 78.4 Å². The first-order valence-electron chi connectivity index (χ1n) is 4.44. The molecule has 0 saturated carbocycles. The second kappa shape index (κ2) is 4.55. The lowest BCUT2D eigenvalue weighted by atomic mass is 10.1. The highest BCUT2D eigenvalue weighted by Crippen LogP contribution is 2.03. The predicted octanol–water partition coefficient (Wildman–Crippen LogP) is -1.04. The molecule has 2 unspecified atom stereocenters. The summed E-state index contributed by atoms with van der Waals surface area (Å²) >= 11 is 0. The molecule has 0 aliphatic carbocycles. The van der Waals surface area contributed by atoms with E-state index in [0.29, 0.717) is 6.61 Å². The van der Waals surface area contributed by atoms with Crippen molar-refractivity contribution < 1.29 is 9.53 Å². The Morgan fingerprint density at radius 2 is 2.31 bits per heavy atom. The van der Waals surface area contributed by atoms with Crippen molar-refractivity contribution in [3.63, 3.8) is 0 Å². The van der Waals surface area contributed by atoms with Gasteiger partial charge in [0.15, 0.2) is 0 Å². The van der Waals surface area contributed by atoms with E-state index in [0.717, 1.165) is 6.54 Å². The molecule has 1 rings (SSSR count). The summed E-state index contributed by atoms with van der Waals surface area (Å²) < 4.78 is 5.35. The van der Waals surface area contributed by atoms with Crippen LogP contribution in [-0.4, -0.2) is 50.3 Å². The summed E-state index contributed by atoms with van der Waals surface area (Å²) in [6.07, 6.45) is -0.0614. The van der Waals surface area contributed by atoms with Gasteiger partial charge in [0.05, 0.1) is 12.7 Å². The van der Waals surface area contributed by atoms with Crippen molar-refractivity contribution in [3.8, 4) is 0 Å². The highest BCUT2D eigenvalue weighted by Gasteiger charge is 2.28. The van der Waals surface area contributed by atoms with E-state index in [-0.39, 0.29) is 18.1 Å². The van der Waals surface area contributed by atoms with E-state index >= 15 is 0 Å². The van der Waals surface area contributed by atoms with Gasteiger partial charge in [0, 0.05) is 20.6 Å². The fourth-order valence-electron chi connectivity index (χ4n) is 1.32. The summed E-state index contributed by atoms with van der Waals surface area (Å²) in [5.41, 5.74) is 2.69. The predicted molar refractivity (Wildman–Crippen MR) is 49.0 cm³/mol. The molecular formula is C8H17N3O2. The van der Waals surface area contributed by atoms with Gasteiger partial charge in [-0.3, -0.25) is 10.2 Å². The van der Waals surface area contributed by atoms with E-state index in [1.165, 1.54) is 0 Å². The highest BCUT2D eigenvalue weighted by atomic mass is 16.5. The van der Waals surface area contributed by atoms with Crippen LogP contribution in [0, 0.1) is 0 Å². The SMILES string of the molecule is CC1OCCNC1C(=O)NN(C)C. The number of carbonyl (C=O) groups excluding carboxylic acids is 1. The monoisotopic (exact) mass is 187 g/mol. The Balaban J connectivity index is 2.44. The molecule has 1 aliphatic heterocycles. The van der Waals surface area contributed by atoms with Gasteiger partial charge in [0.1, 0.15) is 6.04 Å². The second-order valence-electron chi connectivity index (χ2n) is 3.38. The lowest BCUT2D eigenvalue weighted by Gasteiger charge is -2.30. The van der Waals surface area contributed by atoms with E-state index in [1.807, 2.05) is 6.92 Å². The first-order valence-corrected chi connectivity index (χ1v) is 4.44. The van der Waals surface area contributed by atoms with Crippen LogP contribution < -0.4 is 10.7 Å². The zero-order chi connectivity index (χ0) is 9.84. The Bertz CT molecular complexity index is 184. The summed E-state index contributed by atoms with van der Waals surface area (Å²) in [6, 6.07) is -0.240. The molecule has 1 aliphatic rings. The molecule has 0 aromatic heterocycles. The number of morpholine rings is 1. The molecule has 0 bridgehead atoms. The molecule has 0 aromatic carbocycles. The van der Waals surface area contributed by atoms with E-state index in [1.54, 1.807) is 19.1 Å². The lowest BCUT2D eigenvalue weighted by molar-refractivity contribution is -0.132. The Morgan fingerprint density at radius 3 is 2.85 bits per heavy atom. The van der Waals surface area contributed by atoms with Gasteiger partial charge in [0.2, 0.25) is 0 Å². The van der Waals surface area contributed by atoms with Crippen molar-refractivity contribution in [1.82, 2.24) is 15.8 Å². The van der Waals surface area contributed by atoms with Crippen LogP contribution in [0.3, 0.4) is 0 Å². The zero-order valence-electron chi connectivity index (χ0n) is 8.33. The molecule has 5 heteroatoms. The van der Waals surface area contributed by atoms with E-state index in [9.17, 15) is 4.79 Å². The molecule has 76 valence electrons. The van der Waals surface area contributed by atoms with Gasteiger partial charge in [-0.25, -0.2) is 5.01 Å². The number of hydrazine groups is 1. The maximum absolute atomic E-state index is 11.5. The van der Waals surface area contributed by atoms with Crippen LogP contribution in [-0.2, 0) is 9.53 Å². The van der Waals surface area contributed by atoms with Crippen LogP contribution >= 0.6 is 0 Å². The Hall–Kier alpha value is -0.650. The van der Waals surface area contributed by atoms with E-state index in [4.69, 9.17) is 4.74 Å². The maximum Gasteiger partial charge on any atom is 0.254 e. The average Bonchev–Trinajstić information content (AvgIpc) is 2.03. The third-order valence-electron chi connectivity index (χ3n) is 1.93. The number of nitrogens with one attached hydrogen (secondary N) is 2. The number of hydrogen-bond donors (Lipinski definition) is 2. The molecule has 0 aromatic rings. The van der Waals surface area contributed by atoms with Crippen LogP contribution in [0.15, 0.2) is 0 Å². The third-order valence-corrected chi connectivity index (χ3v) is 1.93. The van der Waals surface area contributed by atoms with Gasteiger partial charge in [-0.05, 0) is 6.92 Å². The maximum atomic E-state index is 11.5. The minimum absolute atomic E-state index is 0.0443. The number of carbonyl (C=O) groups is 1. The average molecular weight is 187 g/mol. The zero-order valence-corrected chi connectivity index (χ0v) is 8.33. The molecule has 0 radical (unpaired) electrons. The molecule has 1 fully saturated rings. The van der Waals surface area contributed by atoms with Crippen molar-refractivity contribution in [2.24, 2.45) is 0 Å². The van der Waals surface area contributed by atoms with Gasteiger partial charge in [-0.15, -0.1) is 0 Å². The molecule has 2 atom stereocenters. The first kappa shape index (κ1) is 10.4. The van der Waals surface area contributed by atoms with Crippen molar-refractivity contribution in [1.29, 1.82) is 0 Å². The molecule has 13 heavy (non-hydrogen) atoms. The van der Waals surface area contributed by atoms with Gasteiger partial charge in [-0.1, -0.05) is 0 Å². The van der Waals surface area contributed by atoms with Crippen molar-refractivity contribution in [3.05, 3.63) is 0 Å². The van der Waals surface area contributed by atoms with Gasteiger partial charge >= 0.3 is 0 Å². The number of amides is 1. The van der Waals surface area contributed by atoms with Crippen LogP contribution in [0.25, 0.3) is 0 Å². The highest BCUT2D eigenvalue weighted by molar-refractivity contribution is 5.82. The minimum atomic E-state index is -0.240. The molecule has 2 N–H and O–H groups in total. The number of hydrogen-bond acceptors (Lipinski definition) is 4. The van der Waals surface area contributed by atoms with Gasteiger partial charge in [0.25, 0.3) is 5.91 Å².